The van der Waals surface area contributed by atoms with E-state index in [-0.39, 0.29) is 0 Å². The van der Waals surface area contributed by atoms with Crippen LogP contribution < -0.4 is 0 Å². The molecule has 0 aliphatic carbocycles. The monoisotopic (exact) mass is 180 g/mol. The molecule has 0 heterocycles. The zero-order chi connectivity index (χ0) is 6.69. The summed E-state index contributed by atoms with van der Waals surface area (Å²) in [5, 5.41) is 8.37. The first kappa shape index (κ1) is 6.31. The first-order valence-corrected chi connectivity index (χ1v) is 3.19. The molecule has 9 heavy (non-hydrogen) atoms. The van der Waals surface area contributed by atoms with E-state index in [1.807, 2.05) is 6.07 Å². The van der Waals surface area contributed by atoms with Gasteiger partial charge in [-0.15, -0.1) is 0 Å². The molecule has 0 unspecified atom stereocenters. The standard InChI is InChI=1S/C7H3BrN/c8-7-3-1-2-6(4-7)5-9/h2-4H. The molecule has 0 aliphatic heterocycles. The number of hydrogen-bond acceptors (Lipinski definition) is 1. The van der Waals surface area contributed by atoms with Crippen molar-refractivity contribution < 1.29 is 0 Å². The number of rotatable bonds is 0. The van der Waals surface area contributed by atoms with E-state index in [4.69, 9.17) is 5.26 Å². The third kappa shape index (κ3) is 1.55. The SMILES string of the molecule is N#Cc1c[c]cc(Br)c1. The zero-order valence-electron chi connectivity index (χ0n) is 4.56. The van der Waals surface area contributed by atoms with Crippen LogP contribution in [-0.2, 0) is 0 Å². The zero-order valence-corrected chi connectivity index (χ0v) is 6.14. The summed E-state index contributed by atoms with van der Waals surface area (Å²) in [4.78, 5) is 0. The van der Waals surface area contributed by atoms with Gasteiger partial charge in [0.2, 0.25) is 0 Å². The summed E-state index contributed by atoms with van der Waals surface area (Å²) in [6.45, 7) is 0. The smallest absolute Gasteiger partial charge is 0.0992 e. The molecule has 0 saturated heterocycles. The number of nitriles is 1. The molecule has 0 N–H and O–H groups in total. The third-order valence-electron chi connectivity index (χ3n) is 0.883. The Hall–Kier alpha value is -0.810. The Morgan fingerprint density at radius 1 is 1.56 bits per heavy atom. The van der Waals surface area contributed by atoms with Gasteiger partial charge in [-0.25, -0.2) is 0 Å². The van der Waals surface area contributed by atoms with Crippen LogP contribution in [0.1, 0.15) is 5.56 Å². The second-order valence-corrected chi connectivity index (χ2v) is 2.47. The van der Waals surface area contributed by atoms with Gasteiger partial charge in [-0.1, -0.05) is 15.9 Å². The third-order valence-corrected chi connectivity index (χ3v) is 1.34. The Bertz CT molecular complexity index is 249. The molecule has 1 nitrogen and oxygen atoms in total. The molecule has 0 atom stereocenters. The lowest BCUT2D eigenvalue weighted by Gasteiger charge is -1.86. The van der Waals surface area contributed by atoms with Crippen molar-refractivity contribution in [2.24, 2.45) is 0 Å². The summed E-state index contributed by atoms with van der Waals surface area (Å²) in [7, 11) is 0. The molecule has 0 saturated carbocycles. The van der Waals surface area contributed by atoms with Crippen LogP contribution in [0.15, 0.2) is 22.7 Å². The van der Waals surface area contributed by atoms with E-state index in [9.17, 15) is 0 Å². The first-order valence-electron chi connectivity index (χ1n) is 2.39. The fourth-order valence-electron chi connectivity index (χ4n) is 0.507. The van der Waals surface area contributed by atoms with Crippen LogP contribution in [0.2, 0.25) is 0 Å². The summed E-state index contributed by atoms with van der Waals surface area (Å²) in [6, 6.07) is 9.97. The van der Waals surface area contributed by atoms with E-state index in [0.717, 1.165) is 4.47 Å². The van der Waals surface area contributed by atoms with Gasteiger partial charge in [0.05, 0.1) is 11.6 Å². The summed E-state index contributed by atoms with van der Waals surface area (Å²) >= 11 is 3.22. The molecular weight excluding hydrogens is 178 g/mol. The molecule has 43 valence electrons. The predicted octanol–water partition coefficient (Wildman–Crippen LogP) is 2.12. The maximum atomic E-state index is 8.37. The minimum atomic E-state index is 0.629. The maximum Gasteiger partial charge on any atom is 0.0992 e. The van der Waals surface area contributed by atoms with Crippen molar-refractivity contribution >= 4 is 15.9 Å². The van der Waals surface area contributed by atoms with Crippen LogP contribution in [0, 0.1) is 17.4 Å². The Labute approximate surface area is 62.1 Å². The van der Waals surface area contributed by atoms with Crippen molar-refractivity contribution in [2.45, 2.75) is 0 Å². The molecule has 2 heteroatoms. The highest BCUT2D eigenvalue weighted by Crippen LogP contribution is 2.09. The van der Waals surface area contributed by atoms with Gasteiger partial charge in [-0.2, -0.15) is 5.26 Å². The molecule has 1 aromatic rings. The lowest BCUT2D eigenvalue weighted by Crippen LogP contribution is -1.70. The second kappa shape index (κ2) is 2.65. The van der Waals surface area contributed by atoms with E-state index < -0.39 is 0 Å². The molecule has 1 rings (SSSR count). The van der Waals surface area contributed by atoms with Gasteiger partial charge < -0.3 is 0 Å². The normalized spacial score (nSPS) is 8.44. The van der Waals surface area contributed by atoms with Gasteiger partial charge >= 0.3 is 0 Å². The van der Waals surface area contributed by atoms with Crippen LogP contribution in [0.5, 0.6) is 0 Å². The lowest BCUT2D eigenvalue weighted by molar-refractivity contribution is 1.47. The van der Waals surface area contributed by atoms with Gasteiger partial charge in [0.25, 0.3) is 0 Å². The average molecular weight is 181 g/mol. The highest BCUT2D eigenvalue weighted by atomic mass is 79.9. The molecule has 0 fully saturated rings. The number of benzene rings is 1. The van der Waals surface area contributed by atoms with Gasteiger partial charge in [0, 0.05) is 4.47 Å². The Balaban J connectivity index is 3.12. The summed E-state index contributed by atoms with van der Waals surface area (Å²) in [5.41, 5.74) is 0.629. The van der Waals surface area contributed by atoms with E-state index in [2.05, 4.69) is 22.0 Å². The average Bonchev–Trinajstić information content (AvgIpc) is 1.88. The molecule has 0 spiro atoms. The van der Waals surface area contributed by atoms with Crippen molar-refractivity contribution in [1.82, 2.24) is 0 Å². The lowest BCUT2D eigenvalue weighted by atomic mass is 10.2. The highest BCUT2D eigenvalue weighted by molar-refractivity contribution is 9.10. The summed E-state index contributed by atoms with van der Waals surface area (Å²) in [6.07, 6.45) is 0. The Morgan fingerprint density at radius 2 is 2.33 bits per heavy atom. The van der Waals surface area contributed by atoms with Crippen molar-refractivity contribution in [3.05, 3.63) is 34.3 Å². The number of nitrogens with zero attached hydrogens (tertiary/aromatic N) is 1. The fourth-order valence-corrected chi connectivity index (χ4v) is 0.886. The van der Waals surface area contributed by atoms with E-state index in [1.165, 1.54) is 0 Å². The quantitative estimate of drug-likeness (QED) is 0.601. The van der Waals surface area contributed by atoms with Gasteiger partial charge in [0.15, 0.2) is 0 Å². The summed E-state index contributed by atoms with van der Waals surface area (Å²) < 4.78 is 0.890. The Morgan fingerprint density at radius 3 is 2.78 bits per heavy atom. The van der Waals surface area contributed by atoms with Crippen LogP contribution >= 0.6 is 15.9 Å². The molecular formula is C7H3BrN. The molecule has 0 amide bonds. The van der Waals surface area contributed by atoms with Gasteiger partial charge in [-0.3, -0.25) is 0 Å². The van der Waals surface area contributed by atoms with Crippen LogP contribution in [0.25, 0.3) is 0 Å². The van der Waals surface area contributed by atoms with Gasteiger partial charge in [-0.05, 0) is 24.3 Å². The topological polar surface area (TPSA) is 23.8 Å². The van der Waals surface area contributed by atoms with Gasteiger partial charge in [0.1, 0.15) is 0 Å². The number of hydrogen-bond donors (Lipinski definition) is 0. The molecule has 0 aromatic heterocycles. The van der Waals surface area contributed by atoms with Crippen LogP contribution in [0.3, 0.4) is 0 Å². The Kier molecular flexibility index (Phi) is 1.86. The van der Waals surface area contributed by atoms with Crippen LogP contribution in [-0.4, -0.2) is 0 Å². The largest absolute Gasteiger partial charge is 0.192 e. The van der Waals surface area contributed by atoms with Crippen molar-refractivity contribution in [2.75, 3.05) is 0 Å². The number of halogens is 1. The minimum absolute atomic E-state index is 0.629. The van der Waals surface area contributed by atoms with Crippen molar-refractivity contribution in [1.29, 1.82) is 5.26 Å². The minimum Gasteiger partial charge on any atom is -0.192 e. The van der Waals surface area contributed by atoms with E-state index in [1.54, 1.807) is 18.2 Å². The second-order valence-electron chi connectivity index (χ2n) is 1.55. The van der Waals surface area contributed by atoms with E-state index in [0.29, 0.717) is 5.56 Å². The highest BCUT2D eigenvalue weighted by Gasteiger charge is 1.87. The van der Waals surface area contributed by atoms with Crippen molar-refractivity contribution in [3.8, 4) is 6.07 Å². The molecule has 1 radical (unpaired) electrons. The van der Waals surface area contributed by atoms with Crippen molar-refractivity contribution in [3.63, 3.8) is 0 Å². The first-order chi connectivity index (χ1) is 4.33. The summed E-state index contributed by atoms with van der Waals surface area (Å²) in [5.74, 6) is 0. The predicted molar refractivity (Wildman–Crippen MR) is 37.7 cm³/mol. The molecule has 0 aliphatic rings. The fraction of sp³-hybridized carbons (Fsp3) is 0. The van der Waals surface area contributed by atoms with Crippen LogP contribution in [0.4, 0.5) is 0 Å². The van der Waals surface area contributed by atoms with E-state index >= 15 is 0 Å². The maximum absolute atomic E-state index is 8.37. The molecule has 1 aromatic carbocycles. The molecule has 0 bridgehead atoms.